The summed E-state index contributed by atoms with van der Waals surface area (Å²) in [5.74, 6) is 0. The highest BCUT2D eigenvalue weighted by Crippen LogP contribution is 2.46. The molecular formula is C68H38N2O5. The molecule has 0 aliphatic rings. The van der Waals surface area contributed by atoms with Gasteiger partial charge in [0.2, 0.25) is 0 Å². The Kier molecular flexibility index (Phi) is 8.15. The molecule has 0 spiro atoms. The summed E-state index contributed by atoms with van der Waals surface area (Å²) in [7, 11) is 0. The molecule has 0 aliphatic heterocycles. The van der Waals surface area contributed by atoms with Crippen LogP contribution in [0.25, 0.3) is 131 Å². The molecule has 0 bridgehead atoms. The number of hydrogen-bond donors (Lipinski definition) is 0. The number of nitrogens with zero attached hydrogens (tertiary/aromatic N) is 2. The van der Waals surface area contributed by atoms with Gasteiger partial charge in [0, 0.05) is 112 Å². The van der Waals surface area contributed by atoms with Gasteiger partial charge in [0.1, 0.15) is 55.8 Å². The highest BCUT2D eigenvalue weighted by molar-refractivity contribution is 6.19. The molecule has 0 saturated heterocycles. The third-order valence-corrected chi connectivity index (χ3v) is 15.4. The summed E-state index contributed by atoms with van der Waals surface area (Å²) in [5, 5.41) is 15.0. The monoisotopic (exact) mass is 962 g/mol. The molecule has 0 saturated carbocycles. The third kappa shape index (κ3) is 6.09. The highest BCUT2D eigenvalue weighted by atomic mass is 16.3. The van der Waals surface area contributed by atoms with E-state index in [2.05, 4.69) is 216 Å². The molecule has 5 aromatic heterocycles. The maximum atomic E-state index is 6.81. The van der Waals surface area contributed by atoms with Gasteiger partial charge >= 0.3 is 0 Å². The van der Waals surface area contributed by atoms with Crippen LogP contribution in [0.15, 0.2) is 253 Å². The zero-order valence-corrected chi connectivity index (χ0v) is 39.9. The van der Waals surface area contributed by atoms with Gasteiger partial charge in [0.05, 0.1) is 0 Å². The van der Waals surface area contributed by atoms with Crippen LogP contribution < -0.4 is 9.80 Å². The van der Waals surface area contributed by atoms with Crippen molar-refractivity contribution >= 4 is 165 Å². The van der Waals surface area contributed by atoms with Crippen LogP contribution in [0.4, 0.5) is 34.1 Å². The topological polar surface area (TPSA) is 72.2 Å². The second-order valence-electron chi connectivity index (χ2n) is 19.6. The predicted molar refractivity (Wildman–Crippen MR) is 307 cm³/mol. The number of para-hydroxylation sites is 2. The Morgan fingerprint density at radius 2 is 0.427 bits per heavy atom. The molecule has 5 heterocycles. The Bertz CT molecular complexity index is 4920. The number of rotatable bonds is 6. The van der Waals surface area contributed by atoms with E-state index in [1.54, 1.807) is 0 Å². The Morgan fingerprint density at radius 1 is 0.173 bits per heavy atom. The van der Waals surface area contributed by atoms with E-state index in [0.717, 1.165) is 155 Å². The van der Waals surface area contributed by atoms with Gasteiger partial charge < -0.3 is 31.9 Å². The molecule has 17 rings (SSSR count). The molecule has 7 heteroatoms. The van der Waals surface area contributed by atoms with Gasteiger partial charge in [-0.25, -0.2) is 0 Å². The largest absolute Gasteiger partial charge is 0.456 e. The van der Waals surface area contributed by atoms with Crippen molar-refractivity contribution in [2.75, 3.05) is 9.80 Å². The minimum atomic E-state index is 0.779. The molecule has 0 N–H and O–H groups in total. The maximum absolute atomic E-state index is 6.81. The summed E-state index contributed by atoms with van der Waals surface area (Å²) < 4.78 is 33.1. The van der Waals surface area contributed by atoms with Gasteiger partial charge in [-0.15, -0.1) is 0 Å². The van der Waals surface area contributed by atoms with Crippen LogP contribution in [0.2, 0.25) is 0 Å². The van der Waals surface area contributed by atoms with Crippen molar-refractivity contribution in [2.45, 2.75) is 0 Å². The van der Waals surface area contributed by atoms with Crippen molar-refractivity contribution in [1.29, 1.82) is 0 Å². The zero-order valence-electron chi connectivity index (χ0n) is 39.9. The van der Waals surface area contributed by atoms with Crippen molar-refractivity contribution < 1.29 is 22.1 Å². The molecule has 0 radical (unpaired) electrons. The lowest BCUT2D eigenvalue weighted by atomic mass is 10.1. The van der Waals surface area contributed by atoms with Crippen molar-refractivity contribution in [3.05, 3.63) is 231 Å². The Balaban J connectivity index is 0.774. The van der Waals surface area contributed by atoms with Crippen LogP contribution >= 0.6 is 0 Å². The fourth-order valence-electron chi connectivity index (χ4n) is 11.8. The predicted octanol–water partition coefficient (Wildman–Crippen LogP) is 20.4. The first-order chi connectivity index (χ1) is 37.1. The molecule has 0 unspecified atom stereocenters. The van der Waals surface area contributed by atoms with Crippen LogP contribution in [-0.2, 0) is 0 Å². The highest BCUT2D eigenvalue weighted by Gasteiger charge is 2.22. The molecule has 0 fully saturated rings. The summed E-state index contributed by atoms with van der Waals surface area (Å²) in [6.45, 7) is 0. The summed E-state index contributed by atoms with van der Waals surface area (Å²) in [6.07, 6.45) is 0. The lowest BCUT2D eigenvalue weighted by Crippen LogP contribution is -2.09. The van der Waals surface area contributed by atoms with Crippen LogP contribution in [0.3, 0.4) is 0 Å². The van der Waals surface area contributed by atoms with Crippen LogP contribution in [0, 0.1) is 0 Å². The maximum Gasteiger partial charge on any atom is 0.137 e. The van der Waals surface area contributed by atoms with E-state index < -0.39 is 0 Å². The SMILES string of the molecule is c1ccc2cc(N(c3ccc4c(c3)oc3ccccc34)c3ccc4c(c3)oc3cc5c(cc34)oc3cc4c(cc35)oc3cc(N(c5ccc6ccccc6c5)c5ccc6c(c5)oc5ccccc56)ccc34)ccc2c1. The Morgan fingerprint density at radius 3 is 0.813 bits per heavy atom. The van der Waals surface area contributed by atoms with Crippen LogP contribution in [0.1, 0.15) is 0 Å². The second-order valence-corrected chi connectivity index (χ2v) is 19.6. The van der Waals surface area contributed by atoms with Crippen molar-refractivity contribution in [1.82, 2.24) is 0 Å². The molecule has 0 aliphatic carbocycles. The molecule has 7 nitrogen and oxygen atoms in total. The molecule has 0 atom stereocenters. The number of furan rings is 5. The van der Waals surface area contributed by atoms with Crippen molar-refractivity contribution in [3.8, 4) is 0 Å². The second kappa shape index (κ2) is 15.1. The lowest BCUT2D eigenvalue weighted by molar-refractivity contribution is 0.662. The first-order valence-corrected chi connectivity index (χ1v) is 25.2. The molecular weight excluding hydrogens is 925 g/mol. The molecule has 12 aromatic carbocycles. The number of fused-ring (bicyclic) bond motifs is 17. The number of anilines is 6. The average Bonchev–Trinajstić information content (AvgIpc) is 4.29. The zero-order chi connectivity index (χ0) is 48.9. The van der Waals surface area contributed by atoms with Crippen LogP contribution in [-0.4, -0.2) is 0 Å². The summed E-state index contributed by atoms with van der Waals surface area (Å²) in [4.78, 5) is 4.55. The van der Waals surface area contributed by atoms with Gasteiger partial charge in [-0.1, -0.05) is 97.1 Å². The molecule has 0 amide bonds. The lowest BCUT2D eigenvalue weighted by Gasteiger charge is -2.25. The van der Waals surface area contributed by atoms with Gasteiger partial charge in [-0.05, 0) is 131 Å². The summed E-state index contributed by atoms with van der Waals surface area (Å²) >= 11 is 0. The van der Waals surface area contributed by atoms with E-state index >= 15 is 0 Å². The fourth-order valence-corrected chi connectivity index (χ4v) is 11.8. The minimum Gasteiger partial charge on any atom is -0.456 e. The number of benzene rings is 12. The first-order valence-electron chi connectivity index (χ1n) is 25.2. The van der Waals surface area contributed by atoms with E-state index in [-0.39, 0.29) is 0 Å². The van der Waals surface area contributed by atoms with E-state index in [1.807, 2.05) is 24.3 Å². The van der Waals surface area contributed by atoms with E-state index in [9.17, 15) is 0 Å². The van der Waals surface area contributed by atoms with Crippen molar-refractivity contribution in [2.24, 2.45) is 0 Å². The van der Waals surface area contributed by atoms with Crippen molar-refractivity contribution in [3.63, 3.8) is 0 Å². The van der Waals surface area contributed by atoms with Gasteiger partial charge in [0.25, 0.3) is 0 Å². The van der Waals surface area contributed by atoms with E-state index in [4.69, 9.17) is 22.1 Å². The standard InChI is InChI=1S/C68H38N2O5/c1-3-11-41-29-43(19-17-39(41)9-1)69(45-21-25-51-49-13-5-7-15-59(49)71-61(51)31-45)47-23-27-53-55-35-67-57(37-65(55)73-63(53)33-47)58-38-66-56(36-68(58)75-67)54-28-24-48(34-64(54)74-66)70(44-20-18-40-10-2-4-12-42(40)30-44)46-22-26-52-50-14-6-8-16-60(50)72-62(52)32-46/h1-38H. The van der Waals surface area contributed by atoms with E-state index in [0.29, 0.717) is 0 Å². The quantitative estimate of drug-likeness (QED) is 0.164. The third-order valence-electron chi connectivity index (χ3n) is 15.4. The molecule has 75 heavy (non-hydrogen) atoms. The van der Waals surface area contributed by atoms with Gasteiger partial charge in [0.15, 0.2) is 0 Å². The average molecular weight is 963 g/mol. The van der Waals surface area contributed by atoms with Crippen LogP contribution in [0.5, 0.6) is 0 Å². The summed E-state index contributed by atoms with van der Waals surface area (Å²) in [6, 6.07) is 80.8. The Hall–Kier alpha value is -10.2. The fraction of sp³-hybridized carbons (Fsp3) is 0. The normalized spacial score (nSPS) is 12.3. The Labute approximate surface area is 425 Å². The number of hydrogen-bond acceptors (Lipinski definition) is 7. The van der Waals surface area contributed by atoms with Gasteiger partial charge in [-0.2, -0.15) is 0 Å². The van der Waals surface area contributed by atoms with E-state index in [1.165, 1.54) is 10.8 Å². The smallest absolute Gasteiger partial charge is 0.137 e. The molecule has 350 valence electrons. The molecule has 17 aromatic rings. The summed E-state index contributed by atoms with van der Waals surface area (Å²) in [5.41, 5.74) is 14.0. The minimum absolute atomic E-state index is 0.779. The first kappa shape index (κ1) is 40.4. The van der Waals surface area contributed by atoms with Gasteiger partial charge in [-0.3, -0.25) is 0 Å².